The minimum absolute atomic E-state index is 0.0493. The fourth-order valence-corrected chi connectivity index (χ4v) is 2.08. The summed E-state index contributed by atoms with van der Waals surface area (Å²) < 4.78 is 0. The van der Waals surface area contributed by atoms with Crippen LogP contribution < -0.4 is 0 Å². The Kier molecular flexibility index (Phi) is 3.57. The van der Waals surface area contributed by atoms with Crippen LogP contribution in [0.5, 0.6) is 0 Å². The first-order valence-corrected chi connectivity index (χ1v) is 6.13. The van der Waals surface area contributed by atoms with Crippen LogP contribution in [0.4, 0.5) is 0 Å². The highest BCUT2D eigenvalue weighted by Gasteiger charge is 2.39. The van der Waals surface area contributed by atoms with Crippen LogP contribution in [-0.4, -0.2) is 22.8 Å². The third-order valence-electron chi connectivity index (χ3n) is 2.85. The molecular weight excluding hydrogens is 270 g/mol. The molecule has 1 fully saturated rings. The van der Waals surface area contributed by atoms with Gasteiger partial charge in [-0.3, -0.25) is 9.59 Å². The van der Waals surface area contributed by atoms with Gasteiger partial charge >= 0.3 is 5.97 Å². The van der Waals surface area contributed by atoms with E-state index in [-0.39, 0.29) is 17.0 Å². The number of aryl methyl sites for hydroxylation is 1. The maximum atomic E-state index is 11.9. The predicted octanol–water partition coefficient (Wildman–Crippen LogP) is 2.12. The number of imide groups is 1. The summed E-state index contributed by atoms with van der Waals surface area (Å²) >= 11 is 5.92. The van der Waals surface area contributed by atoms with Crippen LogP contribution in [0.2, 0.25) is 5.02 Å². The molecule has 1 saturated heterocycles. The summed E-state index contributed by atoms with van der Waals surface area (Å²) in [5, 5.41) is 0.737. The first-order chi connectivity index (χ1) is 8.90. The summed E-state index contributed by atoms with van der Waals surface area (Å²) in [6.45, 7) is 3.43. The van der Waals surface area contributed by atoms with E-state index in [9.17, 15) is 14.4 Å². The lowest BCUT2D eigenvalue weighted by Gasteiger charge is -2.13. The first kappa shape index (κ1) is 13.5. The molecule has 1 aliphatic heterocycles. The van der Waals surface area contributed by atoms with Gasteiger partial charge in [0.15, 0.2) is 0 Å². The molecule has 100 valence electrons. The number of amides is 2. The van der Waals surface area contributed by atoms with Gasteiger partial charge in [-0.25, -0.2) is 4.79 Å². The number of hydroxylamine groups is 2. The number of nitrogens with zero attached hydrogens (tertiary/aromatic N) is 1. The Morgan fingerprint density at radius 1 is 1.42 bits per heavy atom. The largest absolute Gasteiger partial charge is 0.365 e. The van der Waals surface area contributed by atoms with Gasteiger partial charge in [0, 0.05) is 12.3 Å². The number of benzene rings is 1. The van der Waals surface area contributed by atoms with Crippen molar-refractivity contribution in [2.24, 2.45) is 5.92 Å². The van der Waals surface area contributed by atoms with E-state index in [0.717, 1.165) is 5.56 Å². The molecule has 0 saturated carbocycles. The minimum Gasteiger partial charge on any atom is -0.325 e. The lowest BCUT2D eigenvalue weighted by atomic mass is 10.1. The summed E-state index contributed by atoms with van der Waals surface area (Å²) in [6, 6.07) is 4.79. The van der Waals surface area contributed by atoms with Crippen molar-refractivity contribution in [2.75, 3.05) is 0 Å². The lowest BCUT2D eigenvalue weighted by molar-refractivity contribution is -0.173. The lowest BCUT2D eigenvalue weighted by Crippen LogP contribution is -2.33. The molecule has 1 unspecified atom stereocenters. The molecule has 1 aromatic rings. The molecule has 0 bridgehead atoms. The average Bonchev–Trinajstić information content (AvgIpc) is 2.56. The number of rotatable bonds is 2. The number of hydrogen-bond donors (Lipinski definition) is 0. The monoisotopic (exact) mass is 281 g/mol. The van der Waals surface area contributed by atoms with Gasteiger partial charge in [-0.05, 0) is 24.6 Å². The zero-order valence-electron chi connectivity index (χ0n) is 10.5. The van der Waals surface area contributed by atoms with Crippen LogP contribution in [0.1, 0.15) is 29.3 Å². The van der Waals surface area contributed by atoms with E-state index in [1.54, 1.807) is 19.1 Å². The van der Waals surface area contributed by atoms with Crippen molar-refractivity contribution < 1.29 is 19.2 Å². The topological polar surface area (TPSA) is 63.7 Å². The van der Waals surface area contributed by atoms with Crippen molar-refractivity contribution in [1.29, 1.82) is 0 Å². The van der Waals surface area contributed by atoms with E-state index in [0.29, 0.717) is 5.06 Å². The average molecular weight is 282 g/mol. The van der Waals surface area contributed by atoms with Crippen molar-refractivity contribution in [1.82, 2.24) is 5.06 Å². The molecule has 0 N–H and O–H groups in total. The quantitative estimate of drug-likeness (QED) is 0.779. The molecule has 0 radical (unpaired) electrons. The third kappa shape index (κ3) is 2.61. The first-order valence-electron chi connectivity index (χ1n) is 5.75. The summed E-state index contributed by atoms with van der Waals surface area (Å²) in [6.07, 6.45) is 0.0493. The Hall–Kier alpha value is -1.88. The van der Waals surface area contributed by atoms with Crippen LogP contribution in [-0.2, 0) is 14.4 Å². The number of hydrogen-bond acceptors (Lipinski definition) is 4. The molecule has 1 aromatic carbocycles. The molecule has 19 heavy (non-hydrogen) atoms. The fraction of sp³-hybridized carbons (Fsp3) is 0.308. The summed E-state index contributed by atoms with van der Waals surface area (Å²) in [4.78, 5) is 39.8. The van der Waals surface area contributed by atoms with Gasteiger partial charge < -0.3 is 4.84 Å². The van der Waals surface area contributed by atoms with Crippen LogP contribution >= 0.6 is 11.6 Å². The van der Waals surface area contributed by atoms with E-state index >= 15 is 0 Å². The predicted molar refractivity (Wildman–Crippen MR) is 67.2 cm³/mol. The Labute approximate surface area is 115 Å². The molecule has 1 aliphatic rings. The maximum Gasteiger partial charge on any atom is 0.365 e. The second-order valence-electron chi connectivity index (χ2n) is 4.49. The van der Waals surface area contributed by atoms with E-state index < -0.39 is 23.7 Å². The molecular formula is C13H12ClNO4. The van der Waals surface area contributed by atoms with E-state index in [4.69, 9.17) is 16.4 Å². The van der Waals surface area contributed by atoms with Crippen molar-refractivity contribution >= 4 is 29.4 Å². The van der Waals surface area contributed by atoms with Crippen molar-refractivity contribution in [2.45, 2.75) is 20.3 Å². The molecule has 6 heteroatoms. The Bertz CT molecular complexity index is 570. The molecule has 0 spiro atoms. The molecule has 0 aliphatic carbocycles. The molecule has 0 aromatic heterocycles. The maximum absolute atomic E-state index is 11.9. The van der Waals surface area contributed by atoms with Gasteiger partial charge in [-0.15, -0.1) is 5.06 Å². The van der Waals surface area contributed by atoms with Crippen molar-refractivity contribution in [3.8, 4) is 0 Å². The Morgan fingerprint density at radius 2 is 2.11 bits per heavy atom. The van der Waals surface area contributed by atoms with E-state index in [1.165, 1.54) is 6.07 Å². The van der Waals surface area contributed by atoms with Crippen molar-refractivity contribution in [3.63, 3.8) is 0 Å². The SMILES string of the molecule is Cc1ccc(C(=O)ON2C(=O)CC(C)C2=O)c(Cl)c1. The van der Waals surface area contributed by atoms with Crippen LogP contribution in [0, 0.1) is 12.8 Å². The number of halogens is 1. The highest BCUT2D eigenvalue weighted by molar-refractivity contribution is 6.33. The van der Waals surface area contributed by atoms with E-state index in [2.05, 4.69) is 0 Å². The van der Waals surface area contributed by atoms with Gasteiger partial charge in [0.05, 0.1) is 10.6 Å². The summed E-state index contributed by atoms with van der Waals surface area (Å²) in [5.41, 5.74) is 1.01. The number of carbonyl (C=O) groups is 3. The second-order valence-corrected chi connectivity index (χ2v) is 4.90. The van der Waals surface area contributed by atoms with E-state index in [1.807, 2.05) is 6.92 Å². The van der Waals surface area contributed by atoms with Gasteiger partial charge in [0.25, 0.3) is 11.8 Å². The highest BCUT2D eigenvalue weighted by atomic mass is 35.5. The third-order valence-corrected chi connectivity index (χ3v) is 3.16. The molecule has 2 rings (SSSR count). The minimum atomic E-state index is -0.819. The summed E-state index contributed by atoms with van der Waals surface area (Å²) in [7, 11) is 0. The molecule has 1 atom stereocenters. The highest BCUT2D eigenvalue weighted by Crippen LogP contribution is 2.22. The zero-order valence-corrected chi connectivity index (χ0v) is 11.2. The number of carbonyl (C=O) groups excluding carboxylic acids is 3. The smallest absolute Gasteiger partial charge is 0.325 e. The van der Waals surface area contributed by atoms with Crippen LogP contribution in [0.3, 0.4) is 0 Å². The Balaban J connectivity index is 2.18. The fourth-order valence-electron chi connectivity index (χ4n) is 1.77. The van der Waals surface area contributed by atoms with Gasteiger partial charge in [-0.2, -0.15) is 0 Å². The molecule has 1 heterocycles. The summed E-state index contributed by atoms with van der Waals surface area (Å²) in [5.74, 6) is -2.31. The standard InChI is InChI=1S/C13H12ClNO4/c1-7-3-4-9(10(14)5-7)13(18)19-15-11(16)6-8(2)12(15)17/h3-5,8H,6H2,1-2H3. The van der Waals surface area contributed by atoms with Crippen LogP contribution in [0.25, 0.3) is 0 Å². The molecule has 5 nitrogen and oxygen atoms in total. The van der Waals surface area contributed by atoms with Crippen molar-refractivity contribution in [3.05, 3.63) is 34.3 Å². The van der Waals surface area contributed by atoms with Gasteiger partial charge in [-0.1, -0.05) is 24.6 Å². The van der Waals surface area contributed by atoms with Crippen LogP contribution in [0.15, 0.2) is 18.2 Å². The zero-order chi connectivity index (χ0) is 14.2. The second kappa shape index (κ2) is 5.01. The van der Waals surface area contributed by atoms with Gasteiger partial charge in [0.1, 0.15) is 0 Å². The molecule has 2 amide bonds. The normalized spacial score (nSPS) is 18.9. The Morgan fingerprint density at radius 3 is 2.63 bits per heavy atom. The van der Waals surface area contributed by atoms with Gasteiger partial charge in [0.2, 0.25) is 0 Å².